The summed E-state index contributed by atoms with van der Waals surface area (Å²) in [5.74, 6) is 0.650. The van der Waals surface area contributed by atoms with Gasteiger partial charge in [-0.05, 0) is 24.7 Å². The molecular weight excluding hydrogens is 262 g/mol. The fraction of sp³-hybridized carbons (Fsp3) is 0.308. The number of anilines is 1. The first-order valence-electron chi connectivity index (χ1n) is 5.83. The molecule has 102 valence electrons. The van der Waals surface area contributed by atoms with Gasteiger partial charge in [-0.2, -0.15) is 0 Å². The van der Waals surface area contributed by atoms with Crippen LogP contribution in [0.2, 0.25) is 0 Å². The number of hydrogen-bond acceptors (Lipinski definition) is 6. The van der Waals surface area contributed by atoms with Crippen molar-refractivity contribution in [2.45, 2.75) is 13.1 Å². The second kappa shape index (κ2) is 5.90. The lowest BCUT2D eigenvalue weighted by molar-refractivity contribution is 0.319. The number of nitrogen functional groups attached to an aromatic ring is 1. The van der Waals surface area contributed by atoms with Crippen LogP contribution < -0.4 is 10.5 Å². The minimum absolute atomic E-state index is 0.157. The van der Waals surface area contributed by atoms with Crippen molar-refractivity contribution < 1.29 is 9.84 Å². The van der Waals surface area contributed by atoms with Gasteiger partial charge in [-0.25, -0.2) is 4.98 Å². The van der Waals surface area contributed by atoms with Crippen LogP contribution in [0.25, 0.3) is 0 Å². The Morgan fingerprint density at radius 3 is 2.84 bits per heavy atom. The molecule has 0 aliphatic rings. The molecule has 0 aliphatic heterocycles. The molecule has 0 bridgehead atoms. The highest BCUT2D eigenvalue weighted by Gasteiger charge is 2.07. The number of phenols is 1. The Morgan fingerprint density at radius 2 is 2.21 bits per heavy atom. The topological polar surface area (TPSA) is 71.6 Å². The standard InChI is InChI=1S/C13H17N3O2S/c1-16(8-10-6-15-13(14)19-10)7-9-3-4-11(17)12(5-9)18-2/h3-6,17H,7-8H2,1-2H3,(H2,14,15). The van der Waals surface area contributed by atoms with Crippen LogP contribution in [-0.2, 0) is 13.1 Å². The zero-order valence-electron chi connectivity index (χ0n) is 11.0. The van der Waals surface area contributed by atoms with E-state index in [-0.39, 0.29) is 5.75 Å². The molecule has 3 N–H and O–H groups in total. The molecule has 1 aromatic carbocycles. The first-order chi connectivity index (χ1) is 9.08. The van der Waals surface area contributed by atoms with E-state index in [0.29, 0.717) is 10.9 Å². The van der Waals surface area contributed by atoms with E-state index in [1.807, 2.05) is 19.2 Å². The number of nitrogens with two attached hydrogens (primary N) is 1. The summed E-state index contributed by atoms with van der Waals surface area (Å²) >= 11 is 1.50. The van der Waals surface area contributed by atoms with E-state index < -0.39 is 0 Å². The minimum atomic E-state index is 0.157. The highest BCUT2D eigenvalue weighted by molar-refractivity contribution is 7.15. The molecule has 0 amide bonds. The zero-order valence-corrected chi connectivity index (χ0v) is 11.8. The van der Waals surface area contributed by atoms with Gasteiger partial charge in [0.15, 0.2) is 16.6 Å². The van der Waals surface area contributed by atoms with E-state index in [1.165, 1.54) is 11.3 Å². The number of benzene rings is 1. The highest BCUT2D eigenvalue weighted by Crippen LogP contribution is 2.27. The van der Waals surface area contributed by atoms with Crippen LogP contribution >= 0.6 is 11.3 Å². The van der Waals surface area contributed by atoms with Crippen molar-refractivity contribution in [1.29, 1.82) is 0 Å². The number of ether oxygens (including phenoxy) is 1. The van der Waals surface area contributed by atoms with Crippen molar-refractivity contribution in [2.24, 2.45) is 0 Å². The van der Waals surface area contributed by atoms with Crippen molar-refractivity contribution in [2.75, 3.05) is 19.9 Å². The van der Waals surface area contributed by atoms with Crippen LogP contribution in [0.4, 0.5) is 5.13 Å². The summed E-state index contributed by atoms with van der Waals surface area (Å²) in [5, 5.41) is 10.1. The molecule has 0 saturated carbocycles. The average Bonchev–Trinajstić information content (AvgIpc) is 2.77. The summed E-state index contributed by atoms with van der Waals surface area (Å²) in [7, 11) is 3.57. The van der Waals surface area contributed by atoms with E-state index in [4.69, 9.17) is 10.5 Å². The SMILES string of the molecule is COc1cc(CN(C)Cc2cnc(N)s2)ccc1O. The first kappa shape index (κ1) is 13.6. The van der Waals surface area contributed by atoms with Crippen LogP contribution in [0, 0.1) is 0 Å². The summed E-state index contributed by atoms with van der Waals surface area (Å²) in [6.45, 7) is 1.55. The monoisotopic (exact) mass is 279 g/mol. The van der Waals surface area contributed by atoms with Crippen LogP contribution in [0.3, 0.4) is 0 Å². The lowest BCUT2D eigenvalue weighted by atomic mass is 10.2. The van der Waals surface area contributed by atoms with Crippen LogP contribution in [0.15, 0.2) is 24.4 Å². The molecule has 0 unspecified atom stereocenters. The molecule has 0 radical (unpaired) electrons. The number of phenolic OH excluding ortho intramolecular Hbond substituents is 1. The second-order valence-electron chi connectivity index (χ2n) is 4.34. The zero-order chi connectivity index (χ0) is 13.8. The quantitative estimate of drug-likeness (QED) is 0.876. The van der Waals surface area contributed by atoms with Crippen LogP contribution in [0.5, 0.6) is 11.5 Å². The highest BCUT2D eigenvalue weighted by atomic mass is 32.1. The van der Waals surface area contributed by atoms with Crippen LogP contribution in [0.1, 0.15) is 10.4 Å². The molecule has 2 rings (SSSR count). The maximum Gasteiger partial charge on any atom is 0.180 e. The van der Waals surface area contributed by atoms with E-state index in [9.17, 15) is 5.11 Å². The van der Waals surface area contributed by atoms with Crippen molar-refractivity contribution in [3.05, 3.63) is 34.8 Å². The molecular formula is C13H17N3O2S. The molecule has 1 aromatic heterocycles. The molecule has 19 heavy (non-hydrogen) atoms. The lowest BCUT2D eigenvalue weighted by Crippen LogP contribution is -2.16. The normalized spacial score (nSPS) is 10.9. The van der Waals surface area contributed by atoms with E-state index in [0.717, 1.165) is 23.5 Å². The number of nitrogens with zero attached hydrogens (tertiary/aromatic N) is 2. The molecule has 0 spiro atoms. The Labute approximate surface area is 116 Å². The predicted molar refractivity (Wildman–Crippen MR) is 76.4 cm³/mol. The van der Waals surface area contributed by atoms with Gasteiger partial charge in [-0.1, -0.05) is 6.07 Å². The molecule has 6 heteroatoms. The lowest BCUT2D eigenvalue weighted by Gasteiger charge is -2.16. The summed E-state index contributed by atoms with van der Waals surface area (Å²) in [5.41, 5.74) is 6.68. The van der Waals surface area contributed by atoms with Gasteiger partial charge >= 0.3 is 0 Å². The van der Waals surface area contributed by atoms with Gasteiger partial charge in [0.1, 0.15) is 0 Å². The maximum atomic E-state index is 9.55. The molecule has 0 fully saturated rings. The summed E-state index contributed by atoms with van der Waals surface area (Å²) in [6, 6.07) is 5.37. The van der Waals surface area contributed by atoms with Crippen molar-refractivity contribution in [3.8, 4) is 11.5 Å². The summed E-state index contributed by atoms with van der Waals surface area (Å²) in [4.78, 5) is 7.31. The average molecular weight is 279 g/mol. The van der Waals surface area contributed by atoms with Gasteiger partial charge in [-0.3, -0.25) is 4.90 Å². The predicted octanol–water partition coefficient (Wildman–Crippen LogP) is 2.07. The largest absolute Gasteiger partial charge is 0.504 e. The Kier molecular flexibility index (Phi) is 4.24. The van der Waals surface area contributed by atoms with Gasteiger partial charge in [0.2, 0.25) is 0 Å². The Hall–Kier alpha value is -1.79. The summed E-state index contributed by atoms with van der Waals surface area (Å²) in [6.07, 6.45) is 1.80. The number of rotatable bonds is 5. The molecule has 5 nitrogen and oxygen atoms in total. The molecule has 0 saturated heterocycles. The molecule has 0 aliphatic carbocycles. The van der Waals surface area contributed by atoms with Gasteiger partial charge in [0.05, 0.1) is 7.11 Å². The fourth-order valence-electron chi connectivity index (χ4n) is 1.85. The number of methoxy groups -OCH3 is 1. The van der Waals surface area contributed by atoms with Crippen molar-refractivity contribution in [1.82, 2.24) is 9.88 Å². The van der Waals surface area contributed by atoms with Crippen LogP contribution in [-0.4, -0.2) is 29.1 Å². The van der Waals surface area contributed by atoms with Gasteiger partial charge in [0.25, 0.3) is 0 Å². The minimum Gasteiger partial charge on any atom is -0.504 e. The smallest absolute Gasteiger partial charge is 0.180 e. The van der Waals surface area contributed by atoms with E-state index in [1.54, 1.807) is 19.4 Å². The van der Waals surface area contributed by atoms with Gasteiger partial charge in [0, 0.05) is 24.2 Å². The van der Waals surface area contributed by atoms with Crippen molar-refractivity contribution >= 4 is 16.5 Å². The number of thiazole rings is 1. The van der Waals surface area contributed by atoms with Crippen molar-refractivity contribution in [3.63, 3.8) is 0 Å². The summed E-state index contributed by atoms with van der Waals surface area (Å²) < 4.78 is 5.10. The Balaban J connectivity index is 2.00. The maximum absolute atomic E-state index is 9.55. The molecule has 0 atom stereocenters. The third kappa shape index (κ3) is 3.59. The molecule has 2 aromatic rings. The Morgan fingerprint density at radius 1 is 1.42 bits per heavy atom. The van der Waals surface area contributed by atoms with E-state index >= 15 is 0 Å². The molecule has 1 heterocycles. The van der Waals surface area contributed by atoms with Gasteiger partial charge in [-0.15, -0.1) is 11.3 Å². The number of hydrogen-bond donors (Lipinski definition) is 2. The number of aromatic hydroxyl groups is 1. The Bertz CT molecular complexity index is 557. The number of aromatic nitrogens is 1. The third-order valence-electron chi connectivity index (χ3n) is 2.69. The second-order valence-corrected chi connectivity index (χ2v) is 5.49. The third-order valence-corrected chi connectivity index (χ3v) is 3.51. The first-order valence-corrected chi connectivity index (χ1v) is 6.64. The fourth-order valence-corrected chi connectivity index (χ4v) is 2.61. The van der Waals surface area contributed by atoms with E-state index in [2.05, 4.69) is 9.88 Å². The van der Waals surface area contributed by atoms with Gasteiger partial charge < -0.3 is 15.6 Å².